The highest BCUT2D eigenvalue weighted by Gasteiger charge is 2.04. The molecule has 0 bridgehead atoms. The van der Waals surface area contributed by atoms with Gasteiger partial charge in [-0.15, -0.1) is 11.3 Å². The summed E-state index contributed by atoms with van der Waals surface area (Å²) < 4.78 is 14.2. The van der Waals surface area contributed by atoms with Crippen LogP contribution in [0.4, 0.5) is 4.39 Å². The lowest BCUT2D eigenvalue weighted by atomic mass is 10.1. The van der Waals surface area contributed by atoms with E-state index in [1.807, 2.05) is 6.07 Å². The Morgan fingerprint density at radius 1 is 1.36 bits per heavy atom. The van der Waals surface area contributed by atoms with E-state index in [1.54, 1.807) is 17.4 Å². The molecule has 0 aliphatic carbocycles. The largest absolute Gasteiger partial charge is 0.207 e. The van der Waals surface area contributed by atoms with Gasteiger partial charge < -0.3 is 0 Å². The van der Waals surface area contributed by atoms with Crippen LogP contribution < -0.4 is 0 Å². The van der Waals surface area contributed by atoms with Gasteiger partial charge in [-0.05, 0) is 47.4 Å². The zero-order chi connectivity index (χ0) is 9.97. The SMILES string of the molecule is CCCCc1csc2ccc(F)cc12. The van der Waals surface area contributed by atoms with Crippen LogP contribution in [0, 0.1) is 5.82 Å². The Morgan fingerprint density at radius 2 is 2.21 bits per heavy atom. The van der Waals surface area contributed by atoms with Gasteiger partial charge in [0.25, 0.3) is 0 Å². The molecule has 1 aromatic carbocycles. The Kier molecular flexibility index (Phi) is 2.82. The number of fused-ring (bicyclic) bond motifs is 1. The standard InChI is InChI=1S/C12H13FS/c1-2-3-4-9-8-14-12-6-5-10(13)7-11(9)12/h5-8H,2-4H2,1H3. The van der Waals surface area contributed by atoms with E-state index < -0.39 is 0 Å². The predicted molar refractivity (Wildman–Crippen MR) is 60.4 cm³/mol. The summed E-state index contributed by atoms with van der Waals surface area (Å²) in [4.78, 5) is 0. The number of aryl methyl sites for hydroxylation is 1. The van der Waals surface area contributed by atoms with Crippen molar-refractivity contribution in [1.29, 1.82) is 0 Å². The van der Waals surface area contributed by atoms with Gasteiger partial charge in [-0.25, -0.2) is 4.39 Å². The summed E-state index contributed by atoms with van der Waals surface area (Å²) in [5.74, 6) is -0.131. The molecule has 2 rings (SSSR count). The first-order valence-electron chi connectivity index (χ1n) is 4.97. The molecule has 0 spiro atoms. The second-order valence-electron chi connectivity index (χ2n) is 3.50. The fourth-order valence-corrected chi connectivity index (χ4v) is 2.59. The van der Waals surface area contributed by atoms with Crippen molar-refractivity contribution in [1.82, 2.24) is 0 Å². The summed E-state index contributed by atoms with van der Waals surface area (Å²) >= 11 is 1.71. The van der Waals surface area contributed by atoms with E-state index in [1.165, 1.54) is 29.2 Å². The third-order valence-electron chi connectivity index (χ3n) is 2.42. The van der Waals surface area contributed by atoms with Gasteiger partial charge in [0.05, 0.1) is 0 Å². The second-order valence-corrected chi connectivity index (χ2v) is 4.42. The Morgan fingerprint density at radius 3 is 3.00 bits per heavy atom. The summed E-state index contributed by atoms with van der Waals surface area (Å²) in [7, 11) is 0. The monoisotopic (exact) mass is 208 g/mol. The molecule has 0 aliphatic heterocycles. The van der Waals surface area contributed by atoms with Crippen LogP contribution in [0.2, 0.25) is 0 Å². The molecular formula is C12H13FS. The van der Waals surface area contributed by atoms with Crippen molar-refractivity contribution in [3.05, 3.63) is 35.0 Å². The minimum absolute atomic E-state index is 0.131. The van der Waals surface area contributed by atoms with Crippen molar-refractivity contribution in [3.8, 4) is 0 Å². The lowest BCUT2D eigenvalue weighted by Gasteiger charge is -1.97. The zero-order valence-corrected chi connectivity index (χ0v) is 9.03. The molecule has 1 aromatic heterocycles. The number of rotatable bonds is 3. The number of halogens is 1. The summed E-state index contributed by atoms with van der Waals surface area (Å²) in [6.07, 6.45) is 3.44. The van der Waals surface area contributed by atoms with Crippen molar-refractivity contribution < 1.29 is 4.39 Å². The van der Waals surface area contributed by atoms with E-state index >= 15 is 0 Å². The molecule has 0 saturated carbocycles. The number of thiophene rings is 1. The summed E-state index contributed by atoms with van der Waals surface area (Å²) in [6.45, 7) is 2.18. The van der Waals surface area contributed by atoms with Gasteiger partial charge in [-0.1, -0.05) is 13.3 Å². The van der Waals surface area contributed by atoms with Crippen molar-refractivity contribution in [2.45, 2.75) is 26.2 Å². The van der Waals surface area contributed by atoms with E-state index in [-0.39, 0.29) is 5.82 Å². The molecule has 2 heteroatoms. The van der Waals surface area contributed by atoms with Crippen molar-refractivity contribution in [3.63, 3.8) is 0 Å². The summed E-state index contributed by atoms with van der Waals surface area (Å²) in [5.41, 5.74) is 1.30. The Labute approximate surface area is 87.4 Å². The average molecular weight is 208 g/mol. The van der Waals surface area contributed by atoms with E-state index in [0.717, 1.165) is 11.8 Å². The molecule has 0 fully saturated rings. The second kappa shape index (κ2) is 4.09. The van der Waals surface area contributed by atoms with Gasteiger partial charge in [0.2, 0.25) is 0 Å². The minimum Gasteiger partial charge on any atom is -0.207 e. The van der Waals surface area contributed by atoms with Crippen LogP contribution in [0.1, 0.15) is 25.3 Å². The molecule has 2 aromatic rings. The molecule has 0 amide bonds. The first kappa shape index (κ1) is 9.66. The van der Waals surface area contributed by atoms with Crippen molar-refractivity contribution in [2.24, 2.45) is 0 Å². The van der Waals surface area contributed by atoms with Gasteiger partial charge in [0.1, 0.15) is 5.82 Å². The maximum Gasteiger partial charge on any atom is 0.123 e. The molecule has 0 nitrogen and oxygen atoms in total. The molecule has 0 aliphatic rings. The number of benzene rings is 1. The smallest absolute Gasteiger partial charge is 0.123 e. The van der Waals surface area contributed by atoms with Crippen LogP contribution >= 0.6 is 11.3 Å². The number of hydrogen-bond donors (Lipinski definition) is 0. The summed E-state index contributed by atoms with van der Waals surface area (Å²) in [5, 5.41) is 3.25. The number of unbranched alkanes of at least 4 members (excludes halogenated alkanes) is 1. The fraction of sp³-hybridized carbons (Fsp3) is 0.333. The van der Waals surface area contributed by atoms with Gasteiger partial charge in [0.15, 0.2) is 0 Å². The third-order valence-corrected chi connectivity index (χ3v) is 3.43. The normalized spacial score (nSPS) is 11.0. The zero-order valence-electron chi connectivity index (χ0n) is 8.22. The van der Waals surface area contributed by atoms with Gasteiger partial charge in [-0.2, -0.15) is 0 Å². The lowest BCUT2D eigenvalue weighted by molar-refractivity contribution is 0.629. The van der Waals surface area contributed by atoms with Gasteiger partial charge >= 0.3 is 0 Å². The first-order valence-corrected chi connectivity index (χ1v) is 5.85. The fourth-order valence-electron chi connectivity index (χ4n) is 1.61. The van der Waals surface area contributed by atoms with E-state index in [2.05, 4.69) is 12.3 Å². The molecule has 1 heterocycles. The molecule has 0 unspecified atom stereocenters. The maximum absolute atomic E-state index is 13.0. The van der Waals surface area contributed by atoms with Crippen LogP contribution in [-0.2, 0) is 6.42 Å². The topological polar surface area (TPSA) is 0 Å². The van der Waals surface area contributed by atoms with E-state index in [9.17, 15) is 4.39 Å². The number of hydrogen-bond acceptors (Lipinski definition) is 1. The Balaban J connectivity index is 2.40. The average Bonchev–Trinajstić information content (AvgIpc) is 2.57. The minimum atomic E-state index is -0.131. The Hall–Kier alpha value is -0.890. The van der Waals surface area contributed by atoms with Gasteiger partial charge in [-0.3, -0.25) is 0 Å². The molecule has 0 atom stereocenters. The quantitative estimate of drug-likeness (QED) is 0.702. The molecule has 0 saturated heterocycles. The molecule has 74 valence electrons. The highest BCUT2D eigenvalue weighted by molar-refractivity contribution is 7.17. The lowest BCUT2D eigenvalue weighted by Crippen LogP contribution is -1.82. The van der Waals surface area contributed by atoms with Crippen LogP contribution in [0.25, 0.3) is 10.1 Å². The highest BCUT2D eigenvalue weighted by atomic mass is 32.1. The highest BCUT2D eigenvalue weighted by Crippen LogP contribution is 2.27. The predicted octanol–water partition coefficient (Wildman–Crippen LogP) is 4.38. The van der Waals surface area contributed by atoms with Crippen LogP contribution in [0.3, 0.4) is 0 Å². The van der Waals surface area contributed by atoms with Crippen LogP contribution in [0.15, 0.2) is 23.6 Å². The first-order chi connectivity index (χ1) is 6.81. The molecule has 0 N–H and O–H groups in total. The maximum atomic E-state index is 13.0. The van der Waals surface area contributed by atoms with Crippen molar-refractivity contribution in [2.75, 3.05) is 0 Å². The molecule has 0 radical (unpaired) electrons. The summed E-state index contributed by atoms with van der Waals surface area (Å²) in [6, 6.07) is 5.05. The molecular weight excluding hydrogens is 195 g/mol. The van der Waals surface area contributed by atoms with Crippen LogP contribution in [-0.4, -0.2) is 0 Å². The third kappa shape index (κ3) is 1.80. The van der Waals surface area contributed by atoms with Crippen LogP contribution in [0.5, 0.6) is 0 Å². The van der Waals surface area contributed by atoms with E-state index in [4.69, 9.17) is 0 Å². The Bertz CT molecular complexity index is 431. The van der Waals surface area contributed by atoms with E-state index in [0.29, 0.717) is 0 Å². The van der Waals surface area contributed by atoms with Gasteiger partial charge in [0, 0.05) is 4.70 Å². The molecule has 14 heavy (non-hydrogen) atoms. The van der Waals surface area contributed by atoms with Crippen molar-refractivity contribution >= 4 is 21.4 Å².